The van der Waals surface area contributed by atoms with Gasteiger partial charge in [0.2, 0.25) is 0 Å². The summed E-state index contributed by atoms with van der Waals surface area (Å²) < 4.78 is 37.0. The molecule has 0 rings (SSSR count). The van der Waals surface area contributed by atoms with Crippen molar-refractivity contribution in [1.82, 2.24) is 0 Å². The Balaban J connectivity index is 3.02. The molecule has 0 spiro atoms. The number of hydrogen-bond donors (Lipinski definition) is 0. The maximum absolute atomic E-state index is 10.5. The van der Waals surface area contributed by atoms with Crippen molar-refractivity contribution in [2.24, 2.45) is 5.92 Å². The predicted molar refractivity (Wildman–Crippen MR) is 101 cm³/mol. The Morgan fingerprint density at radius 3 is 1.30 bits per heavy atom. The van der Waals surface area contributed by atoms with Gasteiger partial charge in [-0.1, -0.05) is 20.3 Å². The van der Waals surface area contributed by atoms with E-state index in [-0.39, 0.29) is 12.6 Å². The third-order valence-electron chi connectivity index (χ3n) is 3.49. The average Bonchev–Trinajstić information content (AvgIpc) is 2.65. The second kappa shape index (κ2) is 21.5. The number of rotatable bonds is 21. The van der Waals surface area contributed by atoms with E-state index in [0.717, 1.165) is 13.0 Å². The summed E-state index contributed by atoms with van der Waals surface area (Å²) in [7, 11) is 0. The van der Waals surface area contributed by atoms with Crippen molar-refractivity contribution in [1.29, 1.82) is 0 Å². The third-order valence-corrected chi connectivity index (χ3v) is 3.49. The lowest BCUT2D eigenvalue weighted by Crippen LogP contribution is -2.15. The van der Waals surface area contributed by atoms with Gasteiger partial charge in [-0.25, -0.2) is 0 Å². The minimum absolute atomic E-state index is 0.273. The lowest BCUT2D eigenvalue weighted by Gasteiger charge is -2.10. The van der Waals surface area contributed by atoms with Crippen molar-refractivity contribution in [3.63, 3.8) is 0 Å². The van der Waals surface area contributed by atoms with Crippen LogP contribution in [0.2, 0.25) is 0 Å². The molecule has 0 heterocycles. The molecule has 0 saturated carbocycles. The zero-order chi connectivity index (χ0) is 20.0. The molecule has 0 aliphatic rings. The summed E-state index contributed by atoms with van der Waals surface area (Å²) >= 11 is 0. The lowest BCUT2D eigenvalue weighted by molar-refractivity contribution is -0.142. The molecule has 0 aromatic carbocycles. The number of esters is 1. The van der Waals surface area contributed by atoms with Crippen LogP contribution in [0.5, 0.6) is 0 Å². The minimum Gasteiger partial charge on any atom is -0.463 e. The highest BCUT2D eigenvalue weighted by molar-refractivity contribution is 5.65. The van der Waals surface area contributed by atoms with Crippen LogP contribution in [0.4, 0.5) is 0 Å². The Morgan fingerprint density at radius 2 is 0.963 bits per heavy atom. The van der Waals surface area contributed by atoms with E-state index in [2.05, 4.69) is 13.8 Å². The van der Waals surface area contributed by atoms with Crippen molar-refractivity contribution in [3.05, 3.63) is 0 Å². The van der Waals surface area contributed by atoms with Crippen LogP contribution < -0.4 is 0 Å². The van der Waals surface area contributed by atoms with Gasteiger partial charge in [0, 0.05) is 13.5 Å². The fourth-order valence-electron chi connectivity index (χ4n) is 1.75. The largest absolute Gasteiger partial charge is 0.463 e. The van der Waals surface area contributed by atoms with Gasteiger partial charge < -0.3 is 33.2 Å². The lowest BCUT2D eigenvalue weighted by atomic mass is 10.1. The van der Waals surface area contributed by atoms with Gasteiger partial charge >= 0.3 is 5.97 Å². The SMILES string of the molecule is CCC(C)COCCOCCOCCOCCOCCOCCOC(C)=O. The first-order chi connectivity index (χ1) is 13.2. The van der Waals surface area contributed by atoms with Crippen molar-refractivity contribution in [2.75, 3.05) is 85.9 Å². The number of hydrogen-bond acceptors (Lipinski definition) is 8. The zero-order valence-electron chi connectivity index (χ0n) is 17.2. The van der Waals surface area contributed by atoms with Crippen molar-refractivity contribution < 1.29 is 38.0 Å². The summed E-state index contributed by atoms with van der Waals surface area (Å²) in [6.45, 7) is 12.5. The van der Waals surface area contributed by atoms with Crippen molar-refractivity contribution in [2.45, 2.75) is 27.2 Å². The second-order valence-electron chi connectivity index (χ2n) is 5.99. The fourth-order valence-corrected chi connectivity index (χ4v) is 1.75. The molecule has 27 heavy (non-hydrogen) atoms. The van der Waals surface area contributed by atoms with E-state index < -0.39 is 0 Å². The molecule has 0 aromatic rings. The topological polar surface area (TPSA) is 81.7 Å². The first kappa shape index (κ1) is 26.2. The van der Waals surface area contributed by atoms with E-state index in [1.807, 2.05) is 0 Å². The fraction of sp³-hybridized carbons (Fsp3) is 0.947. The Hall–Kier alpha value is -0.770. The first-order valence-electron chi connectivity index (χ1n) is 9.76. The molecule has 8 heteroatoms. The summed E-state index contributed by atoms with van der Waals surface area (Å²) in [5, 5.41) is 0. The van der Waals surface area contributed by atoms with E-state index >= 15 is 0 Å². The van der Waals surface area contributed by atoms with E-state index in [4.69, 9.17) is 33.2 Å². The molecule has 0 aliphatic carbocycles. The zero-order valence-corrected chi connectivity index (χ0v) is 17.2. The van der Waals surface area contributed by atoms with Gasteiger partial charge in [-0.3, -0.25) is 4.79 Å². The van der Waals surface area contributed by atoms with Gasteiger partial charge in [-0.15, -0.1) is 0 Å². The molecule has 0 amide bonds. The highest BCUT2D eigenvalue weighted by Gasteiger charge is 1.98. The Kier molecular flexibility index (Phi) is 20.9. The van der Waals surface area contributed by atoms with Crippen LogP contribution in [0.25, 0.3) is 0 Å². The van der Waals surface area contributed by atoms with E-state index in [9.17, 15) is 4.79 Å². The van der Waals surface area contributed by atoms with Crippen LogP contribution in [0.3, 0.4) is 0 Å². The highest BCUT2D eigenvalue weighted by Crippen LogP contribution is 1.99. The summed E-state index contributed by atoms with van der Waals surface area (Å²) in [5.41, 5.74) is 0. The first-order valence-corrected chi connectivity index (χ1v) is 9.76. The number of carbonyl (C=O) groups is 1. The van der Waals surface area contributed by atoms with Gasteiger partial charge in [0.1, 0.15) is 6.61 Å². The highest BCUT2D eigenvalue weighted by atomic mass is 16.6. The Morgan fingerprint density at radius 1 is 0.630 bits per heavy atom. The standard InChI is InChI=1S/C19H38O8/c1-4-18(2)17-26-14-13-24-10-9-22-6-5-21-7-8-23-11-12-25-15-16-27-19(3)20/h18H,4-17H2,1-3H3. The van der Waals surface area contributed by atoms with E-state index in [0.29, 0.717) is 78.6 Å². The summed E-state index contributed by atoms with van der Waals surface area (Å²) in [5.74, 6) is 0.302. The van der Waals surface area contributed by atoms with E-state index in [1.54, 1.807) is 0 Å². The molecule has 1 unspecified atom stereocenters. The molecular formula is C19H38O8. The van der Waals surface area contributed by atoms with Crippen LogP contribution in [0.15, 0.2) is 0 Å². The smallest absolute Gasteiger partial charge is 0.302 e. The summed E-state index contributed by atoms with van der Waals surface area (Å²) in [6.07, 6.45) is 1.14. The predicted octanol–water partition coefficient (Wildman–Crippen LogP) is 1.70. The van der Waals surface area contributed by atoms with Gasteiger partial charge in [0.25, 0.3) is 0 Å². The molecule has 8 nitrogen and oxygen atoms in total. The van der Waals surface area contributed by atoms with Crippen LogP contribution >= 0.6 is 0 Å². The molecule has 0 bridgehead atoms. The Labute approximate surface area is 163 Å². The van der Waals surface area contributed by atoms with Crippen LogP contribution in [-0.2, 0) is 38.0 Å². The molecule has 0 fully saturated rings. The minimum atomic E-state index is -0.300. The third kappa shape index (κ3) is 23.2. The molecule has 0 saturated heterocycles. The summed E-state index contributed by atoms with van der Waals surface area (Å²) in [6, 6.07) is 0. The van der Waals surface area contributed by atoms with Gasteiger partial charge in [-0.2, -0.15) is 0 Å². The Bertz CT molecular complexity index is 314. The molecule has 0 aromatic heterocycles. The van der Waals surface area contributed by atoms with Crippen LogP contribution in [-0.4, -0.2) is 91.9 Å². The van der Waals surface area contributed by atoms with Gasteiger partial charge in [0.15, 0.2) is 0 Å². The van der Waals surface area contributed by atoms with Gasteiger partial charge in [-0.05, 0) is 5.92 Å². The van der Waals surface area contributed by atoms with Crippen molar-refractivity contribution in [3.8, 4) is 0 Å². The maximum atomic E-state index is 10.5. The molecule has 0 radical (unpaired) electrons. The van der Waals surface area contributed by atoms with Crippen LogP contribution in [0.1, 0.15) is 27.2 Å². The van der Waals surface area contributed by atoms with Gasteiger partial charge in [0.05, 0.1) is 72.7 Å². The molecule has 0 aliphatic heterocycles. The maximum Gasteiger partial charge on any atom is 0.302 e. The molecule has 1 atom stereocenters. The monoisotopic (exact) mass is 394 g/mol. The molecule has 162 valence electrons. The number of carbonyl (C=O) groups excluding carboxylic acids is 1. The number of ether oxygens (including phenoxy) is 7. The second-order valence-corrected chi connectivity index (χ2v) is 5.99. The summed E-state index contributed by atoms with van der Waals surface area (Å²) in [4.78, 5) is 10.5. The normalized spacial score (nSPS) is 12.3. The van der Waals surface area contributed by atoms with E-state index in [1.165, 1.54) is 6.92 Å². The quantitative estimate of drug-likeness (QED) is 0.215. The van der Waals surface area contributed by atoms with Crippen LogP contribution in [0, 0.1) is 5.92 Å². The molecule has 0 N–H and O–H groups in total. The molecular weight excluding hydrogens is 356 g/mol. The van der Waals surface area contributed by atoms with Crippen molar-refractivity contribution >= 4 is 5.97 Å². The average molecular weight is 395 g/mol.